The van der Waals surface area contributed by atoms with Gasteiger partial charge in [0.1, 0.15) is 4.99 Å². The fraction of sp³-hybridized carbons (Fsp3) is 0.0667. The van der Waals surface area contributed by atoms with Crippen LogP contribution in [0.15, 0.2) is 46.9 Å². The van der Waals surface area contributed by atoms with E-state index in [4.69, 9.17) is 29.6 Å². The number of halogens is 2. The van der Waals surface area contributed by atoms with Crippen LogP contribution in [0, 0.1) is 0 Å². The van der Waals surface area contributed by atoms with Crippen molar-refractivity contribution in [3.05, 3.63) is 63.1 Å². The van der Waals surface area contributed by atoms with Crippen LogP contribution >= 0.6 is 39.7 Å². The molecule has 0 aliphatic carbocycles. The van der Waals surface area contributed by atoms with Crippen LogP contribution in [0.4, 0.5) is 5.69 Å². The van der Waals surface area contributed by atoms with E-state index in [9.17, 15) is 4.79 Å². The maximum Gasteiger partial charge on any atom is 0.228 e. The van der Waals surface area contributed by atoms with Gasteiger partial charge in [-0.3, -0.25) is 4.79 Å². The molecule has 21 heavy (non-hydrogen) atoms. The molecule has 0 radical (unpaired) electrons. The van der Waals surface area contributed by atoms with Gasteiger partial charge in [-0.15, -0.1) is 0 Å². The highest BCUT2D eigenvalue weighted by molar-refractivity contribution is 9.10. The zero-order chi connectivity index (χ0) is 15.4. The molecule has 0 aliphatic heterocycles. The summed E-state index contributed by atoms with van der Waals surface area (Å²) in [4.78, 5) is 12.3. The monoisotopic (exact) mass is 382 g/mol. The van der Waals surface area contributed by atoms with Gasteiger partial charge in [-0.05, 0) is 35.9 Å². The highest BCUT2D eigenvalue weighted by atomic mass is 79.9. The Kier molecular flexibility index (Phi) is 5.33. The second-order valence-corrected chi connectivity index (χ2v) is 6.20. The molecular formula is C15H12BrClN2OS. The number of carbonyl (C=O) groups is 1. The smallest absolute Gasteiger partial charge is 0.228 e. The normalized spacial score (nSPS) is 10.2. The lowest BCUT2D eigenvalue weighted by Crippen LogP contribution is -2.19. The second kappa shape index (κ2) is 7.02. The largest absolute Gasteiger partial charge is 0.389 e. The molecule has 0 saturated heterocycles. The fourth-order valence-corrected chi connectivity index (χ4v) is 2.66. The fourth-order valence-electron chi connectivity index (χ4n) is 1.86. The Hall–Kier alpha value is -1.43. The maximum absolute atomic E-state index is 12.1. The molecule has 108 valence electrons. The molecular weight excluding hydrogens is 372 g/mol. The lowest BCUT2D eigenvalue weighted by Gasteiger charge is -2.11. The zero-order valence-corrected chi connectivity index (χ0v) is 14.1. The Morgan fingerprint density at radius 3 is 2.71 bits per heavy atom. The highest BCUT2D eigenvalue weighted by Gasteiger charge is 2.10. The summed E-state index contributed by atoms with van der Waals surface area (Å²) in [5.74, 6) is -0.159. The first kappa shape index (κ1) is 15.9. The number of thiocarbonyl (C=S) groups is 1. The number of nitrogens with one attached hydrogen (secondary N) is 1. The molecule has 0 aliphatic rings. The third kappa shape index (κ3) is 4.52. The van der Waals surface area contributed by atoms with Crippen LogP contribution in [0.25, 0.3) is 0 Å². The first-order chi connectivity index (χ1) is 9.95. The van der Waals surface area contributed by atoms with Gasteiger partial charge in [-0.1, -0.05) is 51.9 Å². The summed E-state index contributed by atoms with van der Waals surface area (Å²) < 4.78 is 0.930. The Bertz CT molecular complexity index is 706. The maximum atomic E-state index is 12.1. The third-order valence-corrected chi connectivity index (χ3v) is 3.72. The molecule has 0 heterocycles. The topological polar surface area (TPSA) is 55.1 Å². The second-order valence-electron chi connectivity index (χ2n) is 4.41. The van der Waals surface area contributed by atoms with Crippen molar-refractivity contribution in [1.82, 2.24) is 0 Å². The Labute approximate surface area is 141 Å². The number of hydrogen-bond donors (Lipinski definition) is 2. The molecule has 0 unspecified atom stereocenters. The van der Waals surface area contributed by atoms with Crippen LogP contribution in [0.5, 0.6) is 0 Å². The first-order valence-electron chi connectivity index (χ1n) is 6.09. The van der Waals surface area contributed by atoms with Crippen LogP contribution in [0.3, 0.4) is 0 Å². The molecule has 2 aromatic carbocycles. The number of carbonyl (C=O) groups excluding carboxylic acids is 1. The number of nitrogens with two attached hydrogens (primary N) is 1. The molecule has 2 rings (SSSR count). The van der Waals surface area contributed by atoms with E-state index in [1.54, 1.807) is 18.2 Å². The number of anilines is 1. The van der Waals surface area contributed by atoms with Crippen LogP contribution in [-0.4, -0.2) is 10.9 Å². The zero-order valence-electron chi connectivity index (χ0n) is 10.9. The molecule has 1 amide bonds. The lowest BCUT2D eigenvalue weighted by atomic mass is 10.1. The van der Waals surface area contributed by atoms with E-state index in [1.165, 1.54) is 0 Å². The quantitative estimate of drug-likeness (QED) is 0.787. The summed E-state index contributed by atoms with van der Waals surface area (Å²) in [7, 11) is 0. The summed E-state index contributed by atoms with van der Waals surface area (Å²) in [6.45, 7) is 0. The van der Waals surface area contributed by atoms with Gasteiger partial charge in [0.05, 0.1) is 12.1 Å². The van der Waals surface area contributed by atoms with Crippen LogP contribution < -0.4 is 11.1 Å². The van der Waals surface area contributed by atoms with Crippen LogP contribution in [0.1, 0.15) is 11.1 Å². The minimum absolute atomic E-state index is 0.159. The van der Waals surface area contributed by atoms with Crippen molar-refractivity contribution >= 4 is 56.3 Å². The minimum atomic E-state index is -0.159. The van der Waals surface area contributed by atoms with Crippen molar-refractivity contribution in [3.8, 4) is 0 Å². The standard InChI is InChI=1S/C15H12BrClN2OS/c16-10-3-1-2-9(6-10)7-14(20)19-13-8-11(17)4-5-12(13)15(18)21/h1-6,8H,7H2,(H2,18,21)(H,19,20). The molecule has 0 saturated carbocycles. The van der Waals surface area contributed by atoms with Crippen LogP contribution in [0.2, 0.25) is 5.02 Å². The van der Waals surface area contributed by atoms with E-state index in [0.717, 1.165) is 10.0 Å². The molecule has 3 nitrogen and oxygen atoms in total. The van der Waals surface area contributed by atoms with Crippen LogP contribution in [-0.2, 0) is 11.2 Å². The molecule has 3 N–H and O–H groups in total. The SMILES string of the molecule is NC(=S)c1ccc(Cl)cc1NC(=O)Cc1cccc(Br)c1. The van der Waals surface area contributed by atoms with Crippen molar-refractivity contribution in [2.24, 2.45) is 5.73 Å². The number of hydrogen-bond acceptors (Lipinski definition) is 2. The predicted molar refractivity (Wildman–Crippen MR) is 93.8 cm³/mol. The Morgan fingerprint density at radius 2 is 2.05 bits per heavy atom. The van der Waals surface area contributed by atoms with E-state index in [1.807, 2.05) is 24.3 Å². The van der Waals surface area contributed by atoms with E-state index < -0.39 is 0 Å². The van der Waals surface area contributed by atoms with Crippen molar-refractivity contribution in [2.75, 3.05) is 5.32 Å². The van der Waals surface area contributed by atoms with E-state index in [-0.39, 0.29) is 17.3 Å². The first-order valence-corrected chi connectivity index (χ1v) is 7.67. The van der Waals surface area contributed by atoms with E-state index >= 15 is 0 Å². The molecule has 6 heteroatoms. The third-order valence-electron chi connectivity index (χ3n) is 2.77. The van der Waals surface area contributed by atoms with Gasteiger partial charge in [0.2, 0.25) is 5.91 Å². The van der Waals surface area contributed by atoms with Gasteiger partial charge < -0.3 is 11.1 Å². The Balaban J connectivity index is 2.16. The molecule has 2 aromatic rings. The predicted octanol–water partition coefficient (Wildman–Crippen LogP) is 3.92. The number of rotatable bonds is 4. The molecule has 0 aromatic heterocycles. The Morgan fingerprint density at radius 1 is 1.29 bits per heavy atom. The average molecular weight is 384 g/mol. The molecule has 0 atom stereocenters. The summed E-state index contributed by atoms with van der Waals surface area (Å²) in [5.41, 5.74) is 7.66. The van der Waals surface area contributed by atoms with Gasteiger partial charge in [-0.2, -0.15) is 0 Å². The number of amides is 1. The lowest BCUT2D eigenvalue weighted by molar-refractivity contribution is -0.115. The summed E-state index contributed by atoms with van der Waals surface area (Å²) in [6, 6.07) is 12.6. The summed E-state index contributed by atoms with van der Waals surface area (Å²) >= 11 is 14.3. The van der Waals surface area contributed by atoms with Gasteiger partial charge in [0.15, 0.2) is 0 Å². The number of benzene rings is 2. The van der Waals surface area contributed by atoms with E-state index in [0.29, 0.717) is 16.3 Å². The van der Waals surface area contributed by atoms with Crippen molar-refractivity contribution in [3.63, 3.8) is 0 Å². The van der Waals surface area contributed by atoms with E-state index in [2.05, 4.69) is 21.2 Å². The van der Waals surface area contributed by atoms with Crippen molar-refractivity contribution < 1.29 is 4.79 Å². The van der Waals surface area contributed by atoms with Gasteiger partial charge in [0.25, 0.3) is 0 Å². The van der Waals surface area contributed by atoms with Crippen molar-refractivity contribution in [1.29, 1.82) is 0 Å². The average Bonchev–Trinajstić information content (AvgIpc) is 2.38. The minimum Gasteiger partial charge on any atom is -0.389 e. The summed E-state index contributed by atoms with van der Waals surface area (Å²) in [5, 5.41) is 3.30. The molecule has 0 bridgehead atoms. The highest BCUT2D eigenvalue weighted by Crippen LogP contribution is 2.21. The summed E-state index contributed by atoms with van der Waals surface area (Å²) in [6.07, 6.45) is 0.253. The van der Waals surface area contributed by atoms with Gasteiger partial charge in [0, 0.05) is 15.1 Å². The van der Waals surface area contributed by atoms with Gasteiger partial charge in [-0.25, -0.2) is 0 Å². The molecule has 0 spiro atoms. The molecule has 0 fully saturated rings. The van der Waals surface area contributed by atoms with Crippen molar-refractivity contribution in [2.45, 2.75) is 6.42 Å². The van der Waals surface area contributed by atoms with Gasteiger partial charge >= 0.3 is 0 Å².